The summed E-state index contributed by atoms with van der Waals surface area (Å²) in [6.07, 6.45) is 1.57. The molecule has 0 unspecified atom stereocenters. The molecule has 226 valence electrons. The Morgan fingerprint density at radius 3 is 2.40 bits per heavy atom. The van der Waals surface area contributed by atoms with Crippen LogP contribution in [0.1, 0.15) is 50.7 Å². The van der Waals surface area contributed by atoms with Gasteiger partial charge in [-0.2, -0.15) is 13.2 Å². The number of piperidine rings is 1. The molecule has 3 aliphatic heterocycles. The third-order valence-electron chi connectivity index (χ3n) is 8.38. The first-order valence-corrected chi connectivity index (χ1v) is 14.6. The number of thiol groups is 1. The van der Waals surface area contributed by atoms with E-state index in [9.17, 15) is 27.6 Å². The number of hydrogen-bond donors (Lipinski definition) is 2. The van der Waals surface area contributed by atoms with Crippen molar-refractivity contribution in [2.45, 2.75) is 68.7 Å². The number of amides is 4. The average Bonchev–Trinajstić information content (AvgIpc) is 3.52. The number of aromatic nitrogens is 1. The number of nitrogens with one attached hydrogen (secondary N) is 1. The maximum Gasteiger partial charge on any atom is 0.416 e. The second-order valence-electron chi connectivity index (χ2n) is 11.6. The second-order valence-corrected chi connectivity index (χ2v) is 12.1. The summed E-state index contributed by atoms with van der Waals surface area (Å²) in [6, 6.07) is 5.94. The molecule has 0 aliphatic carbocycles. The molecule has 0 radical (unpaired) electrons. The second kappa shape index (κ2) is 11.8. The van der Waals surface area contributed by atoms with E-state index < -0.39 is 29.2 Å². The fourth-order valence-corrected chi connectivity index (χ4v) is 6.27. The summed E-state index contributed by atoms with van der Waals surface area (Å²) in [5.74, 6) is -0.432. The van der Waals surface area contributed by atoms with Gasteiger partial charge in [0, 0.05) is 36.8 Å². The Labute approximate surface area is 248 Å². The maximum absolute atomic E-state index is 13.4. The third kappa shape index (κ3) is 6.28. The molecule has 3 aliphatic rings. The van der Waals surface area contributed by atoms with Crippen molar-refractivity contribution in [3.05, 3.63) is 47.7 Å². The number of alkyl halides is 3. The van der Waals surface area contributed by atoms with E-state index in [0.29, 0.717) is 17.4 Å². The van der Waals surface area contributed by atoms with E-state index in [1.807, 2.05) is 0 Å². The predicted molar refractivity (Wildman–Crippen MR) is 154 cm³/mol. The van der Waals surface area contributed by atoms with Crippen molar-refractivity contribution >= 4 is 42.0 Å². The molecule has 0 atom stereocenters. The van der Waals surface area contributed by atoms with Gasteiger partial charge in [0.25, 0.3) is 5.91 Å². The van der Waals surface area contributed by atoms with E-state index in [-0.39, 0.29) is 29.6 Å². The topological polar surface area (TPSA) is 89.1 Å². The lowest BCUT2D eigenvalue weighted by molar-refractivity contribution is -0.137. The van der Waals surface area contributed by atoms with Gasteiger partial charge in [-0.1, -0.05) is 0 Å². The van der Waals surface area contributed by atoms with Crippen LogP contribution in [0.25, 0.3) is 0 Å². The van der Waals surface area contributed by atoms with Crippen LogP contribution >= 0.6 is 12.6 Å². The summed E-state index contributed by atoms with van der Waals surface area (Å²) in [6.45, 7) is 7.51. The van der Waals surface area contributed by atoms with Gasteiger partial charge in [-0.15, -0.1) is 12.6 Å². The Bertz CT molecular complexity index is 1360. The third-order valence-corrected chi connectivity index (χ3v) is 8.74. The molecule has 5 rings (SSSR count). The van der Waals surface area contributed by atoms with Gasteiger partial charge in [-0.3, -0.25) is 14.5 Å². The summed E-state index contributed by atoms with van der Waals surface area (Å²) in [5.41, 5.74) is -1.61. The van der Waals surface area contributed by atoms with Crippen molar-refractivity contribution in [2.75, 3.05) is 42.9 Å². The minimum absolute atomic E-state index is 0.0199. The van der Waals surface area contributed by atoms with Crippen molar-refractivity contribution in [2.24, 2.45) is 0 Å². The van der Waals surface area contributed by atoms with Crippen molar-refractivity contribution in [3.8, 4) is 0 Å². The monoisotopic (exact) mass is 604 g/mol. The number of pyridine rings is 1. The van der Waals surface area contributed by atoms with Gasteiger partial charge >= 0.3 is 12.2 Å². The number of urea groups is 1. The van der Waals surface area contributed by atoms with Crippen LogP contribution in [0.3, 0.4) is 0 Å². The number of nitrogens with zero attached hydrogens (tertiary/aromatic N) is 5. The molecular formula is C29H35F3N6O3S. The molecule has 3 fully saturated rings. The van der Waals surface area contributed by atoms with E-state index in [0.717, 1.165) is 49.0 Å². The molecule has 0 bridgehead atoms. The molecule has 2 aromatic rings. The SMILES string of the molecule is CC1(C)C(=O)N(c2ccc(C(F)(F)F)cc2S)C(=O)N1Cc1ccnc(NC(=O)CN2CCC(N3CCCC3)CC2)c1. The van der Waals surface area contributed by atoms with Crippen LogP contribution < -0.4 is 10.2 Å². The first kappa shape index (κ1) is 30.3. The molecule has 42 heavy (non-hydrogen) atoms. The zero-order valence-electron chi connectivity index (χ0n) is 23.7. The molecule has 0 spiro atoms. The van der Waals surface area contributed by atoms with Crippen molar-refractivity contribution < 1.29 is 27.6 Å². The lowest BCUT2D eigenvalue weighted by atomic mass is 10.0. The summed E-state index contributed by atoms with van der Waals surface area (Å²) >= 11 is 4.14. The number of likely N-dealkylation sites (tertiary alicyclic amines) is 2. The number of carbonyl (C=O) groups is 3. The van der Waals surface area contributed by atoms with Gasteiger partial charge in [-0.25, -0.2) is 14.7 Å². The van der Waals surface area contributed by atoms with E-state index in [1.165, 1.54) is 37.0 Å². The summed E-state index contributed by atoms with van der Waals surface area (Å²) < 4.78 is 39.4. The molecular weight excluding hydrogens is 569 g/mol. The van der Waals surface area contributed by atoms with E-state index >= 15 is 0 Å². The first-order valence-electron chi connectivity index (χ1n) is 14.1. The molecule has 4 amide bonds. The van der Waals surface area contributed by atoms with Crippen LogP contribution in [-0.4, -0.2) is 81.8 Å². The Morgan fingerprint density at radius 1 is 1.07 bits per heavy atom. The minimum atomic E-state index is -4.58. The zero-order valence-corrected chi connectivity index (χ0v) is 24.5. The van der Waals surface area contributed by atoms with Crippen LogP contribution in [0.2, 0.25) is 0 Å². The fourth-order valence-electron chi connectivity index (χ4n) is 5.96. The van der Waals surface area contributed by atoms with Gasteiger partial charge < -0.3 is 15.1 Å². The molecule has 1 aromatic heterocycles. The lowest BCUT2D eigenvalue weighted by Gasteiger charge is -2.36. The number of anilines is 2. The Morgan fingerprint density at radius 2 is 1.76 bits per heavy atom. The molecule has 3 saturated heterocycles. The van der Waals surface area contributed by atoms with E-state index in [2.05, 4.69) is 32.7 Å². The van der Waals surface area contributed by atoms with Crippen molar-refractivity contribution in [1.29, 1.82) is 0 Å². The molecule has 1 aromatic carbocycles. The first-order chi connectivity index (χ1) is 19.8. The van der Waals surface area contributed by atoms with E-state index in [1.54, 1.807) is 26.0 Å². The van der Waals surface area contributed by atoms with E-state index in [4.69, 9.17) is 0 Å². The predicted octanol–water partition coefficient (Wildman–Crippen LogP) is 4.64. The number of benzene rings is 1. The number of hydrogen-bond acceptors (Lipinski definition) is 7. The van der Waals surface area contributed by atoms with Crippen molar-refractivity contribution in [1.82, 2.24) is 19.7 Å². The normalized spacial score (nSPS) is 20.5. The highest BCUT2D eigenvalue weighted by molar-refractivity contribution is 7.80. The summed E-state index contributed by atoms with van der Waals surface area (Å²) in [5, 5.41) is 2.84. The van der Waals surface area contributed by atoms with Gasteiger partial charge in [0.05, 0.1) is 17.8 Å². The Kier molecular flexibility index (Phi) is 8.55. The zero-order chi connectivity index (χ0) is 30.2. The largest absolute Gasteiger partial charge is 0.416 e. The standard InChI is InChI=1S/C29H35F3N6O3S/c1-28(2)26(40)38(22-6-5-20(16-23(22)42)29(30,31)32)27(41)37(28)17-19-7-10-33-24(15-19)34-25(39)18-35-13-8-21(9-14-35)36-11-3-4-12-36/h5-7,10,15-16,21,42H,3-4,8-9,11-14,17-18H2,1-2H3,(H,33,34,39). The van der Waals surface area contributed by atoms with Crippen LogP contribution in [-0.2, 0) is 22.3 Å². The number of carbonyl (C=O) groups excluding carboxylic acids is 3. The number of halogens is 3. The number of rotatable bonds is 7. The van der Waals surface area contributed by atoms with Crippen LogP contribution in [0.4, 0.5) is 29.5 Å². The van der Waals surface area contributed by atoms with Crippen LogP contribution in [0.5, 0.6) is 0 Å². The Balaban J connectivity index is 1.22. The summed E-state index contributed by atoms with van der Waals surface area (Å²) in [7, 11) is 0. The quantitative estimate of drug-likeness (QED) is 0.354. The van der Waals surface area contributed by atoms with Gasteiger partial charge in [0.2, 0.25) is 5.91 Å². The van der Waals surface area contributed by atoms with Gasteiger partial charge in [0.1, 0.15) is 11.4 Å². The highest BCUT2D eigenvalue weighted by Crippen LogP contribution is 2.39. The molecule has 13 heteroatoms. The highest BCUT2D eigenvalue weighted by Gasteiger charge is 2.52. The van der Waals surface area contributed by atoms with Crippen LogP contribution in [0, 0.1) is 0 Å². The minimum Gasteiger partial charge on any atom is -0.310 e. The number of imide groups is 1. The molecule has 0 saturated carbocycles. The lowest BCUT2D eigenvalue weighted by Crippen LogP contribution is -2.46. The summed E-state index contributed by atoms with van der Waals surface area (Å²) in [4.78, 5) is 50.5. The molecule has 4 heterocycles. The fraction of sp³-hybridized carbons (Fsp3) is 0.517. The Hall–Kier alpha value is -3.16. The van der Waals surface area contributed by atoms with Gasteiger partial charge in [0.15, 0.2) is 0 Å². The molecule has 9 nitrogen and oxygen atoms in total. The molecule has 1 N–H and O–H groups in total. The maximum atomic E-state index is 13.4. The smallest absolute Gasteiger partial charge is 0.310 e. The average molecular weight is 605 g/mol. The van der Waals surface area contributed by atoms with Crippen molar-refractivity contribution in [3.63, 3.8) is 0 Å². The highest BCUT2D eigenvalue weighted by atomic mass is 32.1. The van der Waals surface area contributed by atoms with Crippen LogP contribution in [0.15, 0.2) is 41.4 Å². The van der Waals surface area contributed by atoms with Gasteiger partial charge in [-0.05, 0) is 88.5 Å².